The minimum atomic E-state index is -0.234. The highest BCUT2D eigenvalue weighted by Gasteiger charge is 2.28. The lowest BCUT2D eigenvalue weighted by molar-refractivity contribution is -0.153. The Morgan fingerprint density at radius 1 is 1.04 bits per heavy atom. The van der Waals surface area contributed by atoms with E-state index in [1.54, 1.807) is 0 Å². The lowest BCUT2D eigenvalue weighted by Crippen LogP contribution is -2.36. The van der Waals surface area contributed by atoms with Crippen LogP contribution < -0.4 is 0 Å². The van der Waals surface area contributed by atoms with E-state index in [1.807, 2.05) is 6.92 Å². The van der Waals surface area contributed by atoms with Gasteiger partial charge < -0.3 is 18.9 Å². The summed E-state index contributed by atoms with van der Waals surface area (Å²) in [5, 5.41) is 0. The molecule has 0 aliphatic carbocycles. The molecule has 0 aromatic heterocycles. The van der Waals surface area contributed by atoms with E-state index in [0.717, 1.165) is 25.7 Å². The third-order valence-electron chi connectivity index (χ3n) is 4.04. The monoisotopic (exact) mass is 344 g/mol. The van der Waals surface area contributed by atoms with Gasteiger partial charge in [-0.05, 0) is 25.2 Å². The van der Waals surface area contributed by atoms with Crippen LogP contribution >= 0.6 is 0 Å². The second kappa shape index (κ2) is 13.2. The molecule has 6 heteroatoms. The van der Waals surface area contributed by atoms with Crippen LogP contribution in [0.2, 0.25) is 0 Å². The number of ether oxygens (including phenoxy) is 4. The Labute approximate surface area is 145 Å². The molecule has 1 heterocycles. The molecule has 0 bridgehead atoms. The highest BCUT2D eigenvalue weighted by atomic mass is 16.6. The normalized spacial score (nSPS) is 18.8. The molecule has 0 amide bonds. The van der Waals surface area contributed by atoms with Crippen LogP contribution in [0.3, 0.4) is 0 Å². The van der Waals surface area contributed by atoms with Crippen LogP contribution in [0.4, 0.5) is 0 Å². The van der Waals surface area contributed by atoms with Gasteiger partial charge in [0.25, 0.3) is 0 Å². The van der Waals surface area contributed by atoms with E-state index in [0.29, 0.717) is 39.5 Å². The fourth-order valence-electron chi connectivity index (χ4n) is 2.51. The fourth-order valence-corrected chi connectivity index (χ4v) is 2.51. The number of unbranched alkanes of at least 4 members (excludes halogenated alkanes) is 2. The van der Waals surface area contributed by atoms with Crippen LogP contribution in [0, 0.1) is 5.92 Å². The van der Waals surface area contributed by atoms with E-state index in [-0.39, 0.29) is 36.8 Å². The van der Waals surface area contributed by atoms with Crippen molar-refractivity contribution in [3.05, 3.63) is 0 Å². The van der Waals surface area contributed by atoms with Crippen LogP contribution in [-0.2, 0) is 28.5 Å². The van der Waals surface area contributed by atoms with Crippen LogP contribution in [0.1, 0.15) is 58.8 Å². The summed E-state index contributed by atoms with van der Waals surface area (Å²) in [5.41, 5.74) is 0. The number of hydrogen-bond acceptors (Lipinski definition) is 6. The summed E-state index contributed by atoms with van der Waals surface area (Å²) in [6.45, 7) is 6.56. The zero-order valence-electron chi connectivity index (χ0n) is 15.1. The summed E-state index contributed by atoms with van der Waals surface area (Å²) in [4.78, 5) is 23.8. The van der Waals surface area contributed by atoms with Crippen molar-refractivity contribution in [1.82, 2.24) is 0 Å². The van der Waals surface area contributed by atoms with E-state index < -0.39 is 0 Å². The van der Waals surface area contributed by atoms with Crippen LogP contribution in [0.15, 0.2) is 0 Å². The molecule has 24 heavy (non-hydrogen) atoms. The molecule has 1 rings (SSSR count). The zero-order chi connectivity index (χ0) is 17.6. The summed E-state index contributed by atoms with van der Waals surface area (Å²) >= 11 is 0. The van der Waals surface area contributed by atoms with E-state index in [9.17, 15) is 9.59 Å². The number of carbonyl (C=O) groups is 2. The zero-order valence-corrected chi connectivity index (χ0v) is 15.1. The molecular formula is C18H32O6. The first-order valence-corrected chi connectivity index (χ1v) is 9.17. The SMILES string of the molecule is CCCCOC(=O)CCC(CC(=O)OCCCC)C1COCCO1. The maximum Gasteiger partial charge on any atom is 0.306 e. The first kappa shape index (κ1) is 20.9. The smallest absolute Gasteiger partial charge is 0.306 e. The molecule has 0 saturated carbocycles. The largest absolute Gasteiger partial charge is 0.466 e. The highest BCUT2D eigenvalue weighted by Crippen LogP contribution is 2.22. The van der Waals surface area contributed by atoms with Crippen molar-refractivity contribution < 1.29 is 28.5 Å². The van der Waals surface area contributed by atoms with Crippen LogP contribution in [-0.4, -0.2) is 51.1 Å². The van der Waals surface area contributed by atoms with Crippen molar-refractivity contribution in [1.29, 1.82) is 0 Å². The first-order valence-electron chi connectivity index (χ1n) is 9.17. The van der Waals surface area contributed by atoms with E-state index in [1.165, 1.54) is 0 Å². The summed E-state index contributed by atoms with van der Waals surface area (Å²) < 4.78 is 21.6. The Hall–Kier alpha value is -1.14. The third-order valence-corrected chi connectivity index (χ3v) is 4.04. The minimum Gasteiger partial charge on any atom is -0.466 e. The standard InChI is InChI=1S/C18H32O6/c1-3-5-9-23-17(19)8-7-15(16-14-21-11-12-22-16)13-18(20)24-10-6-4-2/h15-16H,3-14H2,1-2H3. The van der Waals surface area contributed by atoms with Gasteiger partial charge in [0, 0.05) is 6.42 Å². The molecule has 140 valence electrons. The molecule has 2 unspecified atom stereocenters. The van der Waals surface area contributed by atoms with Crippen molar-refractivity contribution in [2.75, 3.05) is 33.0 Å². The average molecular weight is 344 g/mol. The van der Waals surface area contributed by atoms with Crippen molar-refractivity contribution in [2.24, 2.45) is 5.92 Å². The van der Waals surface area contributed by atoms with Gasteiger partial charge in [0.2, 0.25) is 0 Å². The molecular weight excluding hydrogens is 312 g/mol. The van der Waals surface area contributed by atoms with E-state index >= 15 is 0 Å². The molecule has 0 aromatic rings. The lowest BCUT2D eigenvalue weighted by Gasteiger charge is -2.29. The Morgan fingerprint density at radius 2 is 1.71 bits per heavy atom. The molecule has 6 nitrogen and oxygen atoms in total. The molecule has 0 radical (unpaired) electrons. The van der Waals surface area contributed by atoms with Crippen molar-refractivity contribution in [2.45, 2.75) is 64.9 Å². The van der Waals surface area contributed by atoms with Gasteiger partial charge in [-0.3, -0.25) is 9.59 Å². The topological polar surface area (TPSA) is 71.1 Å². The predicted octanol–water partition coefficient (Wildman–Crippen LogP) is 2.87. The number of carbonyl (C=O) groups excluding carboxylic acids is 2. The van der Waals surface area contributed by atoms with Gasteiger partial charge in [0.15, 0.2) is 0 Å². The second-order valence-corrected chi connectivity index (χ2v) is 6.14. The van der Waals surface area contributed by atoms with E-state index in [2.05, 4.69) is 6.92 Å². The average Bonchev–Trinajstić information content (AvgIpc) is 2.60. The van der Waals surface area contributed by atoms with Crippen LogP contribution in [0.25, 0.3) is 0 Å². The van der Waals surface area contributed by atoms with Gasteiger partial charge in [0.1, 0.15) is 0 Å². The number of esters is 2. The quantitative estimate of drug-likeness (QED) is 0.400. The highest BCUT2D eigenvalue weighted by molar-refractivity contribution is 5.71. The minimum absolute atomic E-state index is 0.0850. The molecule has 0 aromatic carbocycles. The number of rotatable bonds is 12. The Balaban J connectivity index is 2.42. The summed E-state index contributed by atoms with van der Waals surface area (Å²) in [5.74, 6) is -0.537. The summed E-state index contributed by atoms with van der Waals surface area (Å²) in [7, 11) is 0. The Kier molecular flexibility index (Phi) is 11.5. The summed E-state index contributed by atoms with van der Waals surface area (Å²) in [6, 6.07) is 0. The Morgan fingerprint density at radius 3 is 2.29 bits per heavy atom. The van der Waals surface area contributed by atoms with Crippen molar-refractivity contribution >= 4 is 11.9 Å². The molecule has 2 atom stereocenters. The maximum absolute atomic E-state index is 12.0. The van der Waals surface area contributed by atoms with Crippen molar-refractivity contribution in [3.63, 3.8) is 0 Å². The molecule has 1 fully saturated rings. The van der Waals surface area contributed by atoms with Gasteiger partial charge in [-0.25, -0.2) is 0 Å². The summed E-state index contributed by atoms with van der Waals surface area (Å²) in [6.07, 6.45) is 4.63. The number of hydrogen-bond donors (Lipinski definition) is 0. The van der Waals surface area contributed by atoms with E-state index in [4.69, 9.17) is 18.9 Å². The van der Waals surface area contributed by atoms with Gasteiger partial charge in [-0.2, -0.15) is 0 Å². The molecule has 1 aliphatic rings. The van der Waals surface area contributed by atoms with Gasteiger partial charge in [-0.15, -0.1) is 0 Å². The fraction of sp³-hybridized carbons (Fsp3) is 0.889. The molecule has 1 saturated heterocycles. The molecule has 1 aliphatic heterocycles. The Bertz CT molecular complexity index is 351. The van der Waals surface area contributed by atoms with Gasteiger partial charge in [-0.1, -0.05) is 26.7 Å². The van der Waals surface area contributed by atoms with Crippen molar-refractivity contribution in [3.8, 4) is 0 Å². The second-order valence-electron chi connectivity index (χ2n) is 6.14. The third kappa shape index (κ3) is 9.23. The first-order chi connectivity index (χ1) is 11.7. The molecule has 0 N–H and O–H groups in total. The van der Waals surface area contributed by atoms with Crippen LogP contribution in [0.5, 0.6) is 0 Å². The lowest BCUT2D eigenvalue weighted by atomic mass is 9.93. The molecule has 0 spiro atoms. The van der Waals surface area contributed by atoms with Gasteiger partial charge >= 0.3 is 11.9 Å². The van der Waals surface area contributed by atoms with Gasteiger partial charge in [0.05, 0.1) is 45.6 Å². The maximum atomic E-state index is 12.0. The predicted molar refractivity (Wildman–Crippen MR) is 89.6 cm³/mol.